The van der Waals surface area contributed by atoms with Gasteiger partial charge in [-0.15, -0.1) is 0 Å². The SMILES string of the molecule is CC1(CN)CCN(C(=O)c2cc(=O)[nH]c3ccc(F)cc23)C1. The van der Waals surface area contributed by atoms with Gasteiger partial charge >= 0.3 is 0 Å². The van der Waals surface area contributed by atoms with Gasteiger partial charge in [-0.1, -0.05) is 6.92 Å². The summed E-state index contributed by atoms with van der Waals surface area (Å²) >= 11 is 0. The van der Waals surface area contributed by atoms with Crippen molar-refractivity contribution in [1.82, 2.24) is 9.88 Å². The number of nitrogens with zero attached hydrogens (tertiary/aromatic N) is 1. The highest BCUT2D eigenvalue weighted by Gasteiger charge is 2.35. The summed E-state index contributed by atoms with van der Waals surface area (Å²) in [5, 5.41) is 0.422. The molecule has 2 aromatic rings. The topological polar surface area (TPSA) is 79.2 Å². The number of carbonyl (C=O) groups is 1. The van der Waals surface area contributed by atoms with Gasteiger partial charge in [0.05, 0.1) is 5.56 Å². The lowest BCUT2D eigenvalue weighted by Gasteiger charge is -2.22. The van der Waals surface area contributed by atoms with Crippen molar-refractivity contribution >= 4 is 16.8 Å². The van der Waals surface area contributed by atoms with Gasteiger partial charge in [0.1, 0.15) is 5.82 Å². The zero-order valence-corrected chi connectivity index (χ0v) is 12.4. The molecule has 1 fully saturated rings. The molecule has 0 bridgehead atoms. The second-order valence-electron chi connectivity index (χ2n) is 6.23. The number of carbonyl (C=O) groups excluding carboxylic acids is 1. The van der Waals surface area contributed by atoms with Gasteiger partial charge in [-0.3, -0.25) is 9.59 Å². The first-order valence-electron chi connectivity index (χ1n) is 7.24. The number of aromatic amines is 1. The zero-order valence-electron chi connectivity index (χ0n) is 12.4. The normalized spacial score (nSPS) is 21.5. The molecule has 0 aliphatic carbocycles. The molecule has 22 heavy (non-hydrogen) atoms. The number of amides is 1. The Labute approximate surface area is 126 Å². The van der Waals surface area contributed by atoms with Gasteiger partial charge < -0.3 is 15.6 Å². The Morgan fingerprint density at radius 3 is 2.91 bits per heavy atom. The quantitative estimate of drug-likeness (QED) is 0.882. The third kappa shape index (κ3) is 2.50. The lowest BCUT2D eigenvalue weighted by atomic mass is 9.90. The number of benzene rings is 1. The third-order valence-electron chi connectivity index (χ3n) is 4.37. The summed E-state index contributed by atoms with van der Waals surface area (Å²) in [5.41, 5.74) is 5.98. The van der Waals surface area contributed by atoms with E-state index in [0.29, 0.717) is 30.5 Å². The van der Waals surface area contributed by atoms with E-state index in [1.165, 1.54) is 24.3 Å². The minimum Gasteiger partial charge on any atom is -0.338 e. The molecule has 1 aliphatic rings. The van der Waals surface area contributed by atoms with Crippen molar-refractivity contribution in [2.45, 2.75) is 13.3 Å². The summed E-state index contributed by atoms with van der Waals surface area (Å²) in [7, 11) is 0. The molecule has 1 aromatic carbocycles. The number of halogens is 1. The fraction of sp³-hybridized carbons (Fsp3) is 0.375. The Morgan fingerprint density at radius 1 is 1.45 bits per heavy atom. The number of aromatic nitrogens is 1. The first kappa shape index (κ1) is 14.7. The third-order valence-corrected chi connectivity index (χ3v) is 4.37. The molecule has 1 atom stereocenters. The lowest BCUT2D eigenvalue weighted by molar-refractivity contribution is 0.0778. The molecule has 0 spiro atoms. The number of nitrogens with one attached hydrogen (secondary N) is 1. The van der Waals surface area contributed by atoms with Gasteiger partial charge in [-0.05, 0) is 36.6 Å². The molecule has 1 aliphatic heterocycles. The van der Waals surface area contributed by atoms with Crippen LogP contribution >= 0.6 is 0 Å². The molecule has 2 heterocycles. The highest BCUT2D eigenvalue weighted by atomic mass is 19.1. The van der Waals surface area contributed by atoms with Crippen LogP contribution in [0.15, 0.2) is 29.1 Å². The summed E-state index contributed by atoms with van der Waals surface area (Å²) in [6.45, 7) is 3.68. The largest absolute Gasteiger partial charge is 0.338 e. The van der Waals surface area contributed by atoms with E-state index in [9.17, 15) is 14.0 Å². The molecule has 6 heteroatoms. The molecule has 116 valence electrons. The van der Waals surface area contributed by atoms with Crippen LogP contribution in [0.4, 0.5) is 4.39 Å². The van der Waals surface area contributed by atoms with Gasteiger partial charge in [0.2, 0.25) is 5.56 Å². The average Bonchev–Trinajstić information content (AvgIpc) is 2.89. The number of likely N-dealkylation sites (tertiary alicyclic amines) is 1. The zero-order chi connectivity index (χ0) is 15.9. The van der Waals surface area contributed by atoms with E-state index >= 15 is 0 Å². The van der Waals surface area contributed by atoms with Gasteiger partial charge in [0.25, 0.3) is 5.91 Å². The summed E-state index contributed by atoms with van der Waals surface area (Å²) < 4.78 is 13.5. The van der Waals surface area contributed by atoms with Gasteiger partial charge in [0, 0.05) is 30.1 Å². The second-order valence-corrected chi connectivity index (χ2v) is 6.23. The van der Waals surface area contributed by atoms with Gasteiger partial charge in [0.15, 0.2) is 0 Å². The summed E-state index contributed by atoms with van der Waals surface area (Å²) in [6, 6.07) is 5.24. The Bertz CT molecular complexity index is 802. The average molecular weight is 303 g/mol. The molecule has 3 N–H and O–H groups in total. The van der Waals surface area contributed by atoms with Crippen LogP contribution in [0, 0.1) is 11.2 Å². The number of H-pyrrole nitrogens is 1. The number of rotatable bonds is 2. The van der Waals surface area contributed by atoms with Crippen LogP contribution < -0.4 is 11.3 Å². The van der Waals surface area contributed by atoms with E-state index in [0.717, 1.165) is 6.42 Å². The summed E-state index contributed by atoms with van der Waals surface area (Å²) in [6.07, 6.45) is 0.824. The molecule has 0 radical (unpaired) electrons. The number of fused-ring (bicyclic) bond motifs is 1. The fourth-order valence-corrected chi connectivity index (χ4v) is 2.94. The van der Waals surface area contributed by atoms with Crippen LogP contribution in [0.3, 0.4) is 0 Å². The van der Waals surface area contributed by atoms with Crippen molar-refractivity contribution in [1.29, 1.82) is 0 Å². The highest BCUT2D eigenvalue weighted by Crippen LogP contribution is 2.30. The standard InChI is InChI=1S/C16H18FN3O2/c1-16(8-18)4-5-20(9-16)15(22)12-7-14(21)19-13-3-2-10(17)6-11(12)13/h2-3,6-7H,4-5,8-9,18H2,1H3,(H,19,21). The van der Waals surface area contributed by atoms with Crippen molar-refractivity contribution in [2.24, 2.45) is 11.1 Å². The Morgan fingerprint density at radius 2 is 2.23 bits per heavy atom. The molecule has 0 saturated carbocycles. The first-order valence-corrected chi connectivity index (χ1v) is 7.24. The number of pyridine rings is 1. The fourth-order valence-electron chi connectivity index (χ4n) is 2.94. The van der Waals surface area contributed by atoms with Gasteiger partial charge in [-0.2, -0.15) is 0 Å². The van der Waals surface area contributed by atoms with Crippen molar-refractivity contribution in [3.8, 4) is 0 Å². The summed E-state index contributed by atoms with van der Waals surface area (Å²) in [5.74, 6) is -0.694. The smallest absolute Gasteiger partial charge is 0.254 e. The number of hydrogen-bond acceptors (Lipinski definition) is 3. The highest BCUT2D eigenvalue weighted by molar-refractivity contribution is 6.06. The van der Waals surface area contributed by atoms with Crippen LogP contribution in [-0.4, -0.2) is 35.4 Å². The van der Waals surface area contributed by atoms with Crippen molar-refractivity contribution in [3.05, 3.63) is 46.0 Å². The maximum absolute atomic E-state index is 13.5. The van der Waals surface area contributed by atoms with E-state index in [4.69, 9.17) is 5.73 Å². The Kier molecular flexibility index (Phi) is 3.48. The molecular formula is C16H18FN3O2. The van der Waals surface area contributed by atoms with E-state index in [-0.39, 0.29) is 22.4 Å². The Hall–Kier alpha value is -2.21. The van der Waals surface area contributed by atoms with Crippen molar-refractivity contribution in [3.63, 3.8) is 0 Å². The predicted molar refractivity (Wildman–Crippen MR) is 82.2 cm³/mol. The monoisotopic (exact) mass is 303 g/mol. The van der Waals surface area contributed by atoms with Crippen LogP contribution in [0.2, 0.25) is 0 Å². The molecular weight excluding hydrogens is 285 g/mol. The number of nitrogens with two attached hydrogens (primary N) is 1. The maximum Gasteiger partial charge on any atom is 0.254 e. The van der Waals surface area contributed by atoms with Crippen LogP contribution in [0.5, 0.6) is 0 Å². The second kappa shape index (κ2) is 5.21. The minimum atomic E-state index is -0.443. The van der Waals surface area contributed by atoms with Crippen molar-refractivity contribution in [2.75, 3.05) is 19.6 Å². The predicted octanol–water partition coefficient (Wildman–Crippen LogP) is 1.48. The van der Waals surface area contributed by atoms with Crippen LogP contribution in [0.25, 0.3) is 10.9 Å². The van der Waals surface area contributed by atoms with E-state index < -0.39 is 5.82 Å². The molecule has 1 amide bonds. The molecule has 1 saturated heterocycles. The van der Waals surface area contributed by atoms with Crippen LogP contribution in [-0.2, 0) is 0 Å². The van der Waals surface area contributed by atoms with E-state index in [1.54, 1.807) is 4.90 Å². The first-order chi connectivity index (χ1) is 10.4. The summed E-state index contributed by atoms with van der Waals surface area (Å²) in [4.78, 5) is 28.8. The Balaban J connectivity index is 2.04. The van der Waals surface area contributed by atoms with E-state index in [2.05, 4.69) is 4.98 Å². The van der Waals surface area contributed by atoms with E-state index in [1.807, 2.05) is 6.92 Å². The molecule has 5 nitrogen and oxygen atoms in total. The van der Waals surface area contributed by atoms with Crippen LogP contribution in [0.1, 0.15) is 23.7 Å². The van der Waals surface area contributed by atoms with Gasteiger partial charge in [-0.25, -0.2) is 4.39 Å². The molecule has 3 rings (SSSR count). The molecule has 1 aromatic heterocycles. The maximum atomic E-state index is 13.5. The van der Waals surface area contributed by atoms with Crippen molar-refractivity contribution < 1.29 is 9.18 Å². The lowest BCUT2D eigenvalue weighted by Crippen LogP contribution is -2.35. The number of hydrogen-bond donors (Lipinski definition) is 2. The minimum absolute atomic E-state index is 0.0993. The molecule has 1 unspecified atom stereocenters.